The van der Waals surface area contributed by atoms with Gasteiger partial charge in [0, 0.05) is 13.7 Å². The maximum absolute atomic E-state index is 13.9. The van der Waals surface area contributed by atoms with E-state index in [2.05, 4.69) is 10.6 Å². The Kier molecular flexibility index (Phi) is 7.42. The number of hydrogen-bond donors (Lipinski definition) is 3. The van der Waals surface area contributed by atoms with Crippen LogP contribution in [0, 0.1) is 11.6 Å². The fourth-order valence-corrected chi connectivity index (χ4v) is 2.84. The molecule has 1 atom stereocenters. The number of imide groups is 1. The number of hydrogen-bond acceptors (Lipinski definition) is 6. The van der Waals surface area contributed by atoms with Gasteiger partial charge in [-0.1, -0.05) is 6.07 Å². The summed E-state index contributed by atoms with van der Waals surface area (Å²) < 4.78 is 37.0. The molecule has 0 fully saturated rings. The Hall–Kier alpha value is -3.54. The van der Waals surface area contributed by atoms with Gasteiger partial charge in [-0.25, -0.2) is 28.1 Å². The van der Waals surface area contributed by atoms with Gasteiger partial charge in [-0.2, -0.15) is 0 Å². The molecule has 1 aromatic carbocycles. The van der Waals surface area contributed by atoms with Crippen molar-refractivity contribution in [1.29, 1.82) is 0 Å². The standard InChI is InChI=1S/C18H19F2N3O7/c1-29-8-12-14(16(26)30-2)15(9-3-4-10(19)11(20)7-9)23(18(28)22-12)17(27)21-6-5-13(24)25/h3-4,7,15H,5-6,8H2,1-2H3,(H,21,27)(H,22,28)(H,24,25). The Morgan fingerprint density at radius 1 is 1.23 bits per heavy atom. The SMILES string of the molecule is COCC1=C(C(=O)OC)C(c2ccc(F)c(F)c2)N(C(=O)NCCC(=O)O)C(=O)N1. The van der Waals surface area contributed by atoms with Crippen molar-refractivity contribution in [3.8, 4) is 0 Å². The number of carbonyl (C=O) groups excluding carboxylic acids is 3. The monoisotopic (exact) mass is 427 g/mol. The summed E-state index contributed by atoms with van der Waals surface area (Å²) in [5, 5.41) is 13.3. The molecule has 162 valence electrons. The second kappa shape index (κ2) is 9.78. The maximum Gasteiger partial charge on any atom is 0.338 e. The molecule has 1 unspecified atom stereocenters. The Bertz CT molecular complexity index is 904. The zero-order valence-electron chi connectivity index (χ0n) is 16.0. The molecule has 30 heavy (non-hydrogen) atoms. The Morgan fingerprint density at radius 3 is 2.50 bits per heavy atom. The molecule has 2 rings (SSSR count). The highest BCUT2D eigenvalue weighted by Gasteiger charge is 2.43. The van der Waals surface area contributed by atoms with Gasteiger partial charge < -0.3 is 25.2 Å². The average molecular weight is 427 g/mol. The van der Waals surface area contributed by atoms with Crippen LogP contribution in [0.2, 0.25) is 0 Å². The van der Waals surface area contributed by atoms with Crippen molar-refractivity contribution >= 4 is 24.0 Å². The Morgan fingerprint density at radius 2 is 1.93 bits per heavy atom. The smallest absolute Gasteiger partial charge is 0.338 e. The molecular weight excluding hydrogens is 408 g/mol. The minimum atomic E-state index is -1.49. The Labute approximate surface area is 169 Å². The van der Waals surface area contributed by atoms with E-state index in [1.807, 2.05) is 0 Å². The fraction of sp³-hybridized carbons (Fsp3) is 0.333. The van der Waals surface area contributed by atoms with Crippen molar-refractivity contribution in [2.45, 2.75) is 12.5 Å². The number of rotatable bonds is 7. The number of carboxylic acids is 1. The van der Waals surface area contributed by atoms with Gasteiger partial charge in [0.15, 0.2) is 11.6 Å². The van der Waals surface area contributed by atoms with Crippen LogP contribution in [-0.2, 0) is 19.1 Å². The summed E-state index contributed by atoms with van der Waals surface area (Å²) in [6.45, 7) is -0.560. The number of nitrogens with one attached hydrogen (secondary N) is 2. The quantitative estimate of drug-likeness (QED) is 0.558. The molecule has 4 amide bonds. The lowest BCUT2D eigenvalue weighted by Gasteiger charge is -2.36. The first-order valence-electron chi connectivity index (χ1n) is 8.56. The van der Waals surface area contributed by atoms with E-state index in [-0.39, 0.29) is 30.0 Å². The molecule has 1 aliphatic rings. The number of urea groups is 2. The highest BCUT2D eigenvalue weighted by molar-refractivity contribution is 6.01. The predicted molar refractivity (Wildman–Crippen MR) is 96.0 cm³/mol. The van der Waals surface area contributed by atoms with Crippen LogP contribution in [0.3, 0.4) is 0 Å². The zero-order valence-corrected chi connectivity index (χ0v) is 16.0. The third-order valence-electron chi connectivity index (χ3n) is 4.12. The van der Waals surface area contributed by atoms with Crippen molar-refractivity contribution in [2.24, 2.45) is 0 Å². The molecule has 10 nitrogen and oxygen atoms in total. The Balaban J connectivity index is 2.59. The lowest BCUT2D eigenvalue weighted by atomic mass is 9.93. The molecule has 0 radical (unpaired) electrons. The molecule has 0 aromatic heterocycles. The summed E-state index contributed by atoms with van der Waals surface area (Å²) in [5.41, 5.74) is -0.358. The molecule has 0 saturated carbocycles. The number of benzene rings is 1. The van der Waals surface area contributed by atoms with Crippen LogP contribution in [0.5, 0.6) is 0 Å². The van der Waals surface area contributed by atoms with E-state index in [1.54, 1.807) is 0 Å². The van der Waals surface area contributed by atoms with Crippen molar-refractivity contribution in [1.82, 2.24) is 15.5 Å². The van der Waals surface area contributed by atoms with Gasteiger partial charge in [0.2, 0.25) is 0 Å². The summed E-state index contributed by atoms with van der Waals surface area (Å²) in [7, 11) is 2.36. The van der Waals surface area contributed by atoms with E-state index >= 15 is 0 Å². The van der Waals surface area contributed by atoms with Crippen molar-refractivity contribution in [3.05, 3.63) is 46.7 Å². The van der Waals surface area contributed by atoms with Gasteiger partial charge in [0.1, 0.15) is 6.04 Å². The first kappa shape index (κ1) is 22.7. The minimum absolute atomic E-state index is 0.0290. The molecule has 3 N–H and O–H groups in total. The highest BCUT2D eigenvalue weighted by Crippen LogP contribution is 2.35. The van der Waals surface area contributed by atoms with Crippen molar-refractivity contribution < 1.29 is 42.5 Å². The summed E-state index contributed by atoms with van der Waals surface area (Å²) >= 11 is 0. The third-order valence-corrected chi connectivity index (χ3v) is 4.12. The number of ether oxygens (including phenoxy) is 2. The lowest BCUT2D eigenvalue weighted by Crippen LogP contribution is -2.55. The van der Waals surface area contributed by atoms with Gasteiger partial charge in [0.05, 0.1) is 31.4 Å². The normalized spacial score (nSPS) is 16.2. The van der Waals surface area contributed by atoms with E-state index < -0.39 is 48.1 Å². The molecular formula is C18H19F2N3O7. The first-order valence-corrected chi connectivity index (χ1v) is 8.56. The summed E-state index contributed by atoms with van der Waals surface area (Å²) in [6.07, 6.45) is -0.425. The highest BCUT2D eigenvalue weighted by atomic mass is 19.2. The number of esters is 1. The largest absolute Gasteiger partial charge is 0.481 e. The number of carbonyl (C=O) groups is 4. The number of carboxylic acid groups (broad SMARTS) is 1. The number of nitrogens with zero attached hydrogens (tertiary/aromatic N) is 1. The molecule has 0 aliphatic carbocycles. The van der Waals surface area contributed by atoms with Gasteiger partial charge in [-0.05, 0) is 17.7 Å². The molecule has 0 bridgehead atoms. The average Bonchev–Trinajstić information content (AvgIpc) is 2.68. The van der Waals surface area contributed by atoms with E-state index in [1.165, 1.54) is 7.11 Å². The van der Waals surface area contributed by atoms with E-state index in [9.17, 15) is 28.0 Å². The molecule has 1 heterocycles. The number of halogens is 2. The van der Waals surface area contributed by atoms with Crippen LogP contribution < -0.4 is 10.6 Å². The van der Waals surface area contributed by atoms with E-state index in [4.69, 9.17) is 14.6 Å². The zero-order chi connectivity index (χ0) is 22.4. The molecule has 12 heteroatoms. The van der Waals surface area contributed by atoms with Crippen LogP contribution in [0.1, 0.15) is 18.0 Å². The number of methoxy groups -OCH3 is 2. The second-order valence-corrected chi connectivity index (χ2v) is 6.07. The van der Waals surface area contributed by atoms with Crippen LogP contribution in [0.4, 0.5) is 18.4 Å². The summed E-state index contributed by atoms with van der Waals surface area (Å²) in [4.78, 5) is 49.0. The first-order chi connectivity index (χ1) is 14.2. The number of aliphatic carboxylic acids is 1. The van der Waals surface area contributed by atoms with Gasteiger partial charge >= 0.3 is 24.0 Å². The second-order valence-electron chi connectivity index (χ2n) is 6.07. The molecule has 1 aliphatic heterocycles. The number of amides is 4. The predicted octanol–water partition coefficient (Wildman–Crippen LogP) is 1.29. The van der Waals surface area contributed by atoms with Crippen LogP contribution in [0.25, 0.3) is 0 Å². The molecule has 0 saturated heterocycles. The minimum Gasteiger partial charge on any atom is -0.481 e. The lowest BCUT2D eigenvalue weighted by molar-refractivity contribution is -0.137. The third kappa shape index (κ3) is 4.89. The van der Waals surface area contributed by atoms with Crippen LogP contribution in [-0.4, -0.2) is 61.4 Å². The van der Waals surface area contributed by atoms with E-state index in [0.717, 1.165) is 25.3 Å². The van der Waals surface area contributed by atoms with Gasteiger partial charge in [-0.3, -0.25) is 4.79 Å². The van der Waals surface area contributed by atoms with Gasteiger partial charge in [-0.15, -0.1) is 0 Å². The van der Waals surface area contributed by atoms with Crippen LogP contribution >= 0.6 is 0 Å². The molecule has 1 aromatic rings. The van der Waals surface area contributed by atoms with E-state index in [0.29, 0.717) is 4.90 Å². The topological polar surface area (TPSA) is 134 Å². The summed E-state index contributed by atoms with van der Waals surface area (Å²) in [6, 6.07) is -0.909. The van der Waals surface area contributed by atoms with Crippen LogP contribution in [0.15, 0.2) is 29.5 Å². The van der Waals surface area contributed by atoms with Gasteiger partial charge in [0.25, 0.3) is 0 Å². The maximum atomic E-state index is 13.9. The van der Waals surface area contributed by atoms with Crippen molar-refractivity contribution in [3.63, 3.8) is 0 Å². The summed E-state index contributed by atoms with van der Waals surface area (Å²) in [5.74, 6) is -4.56. The van der Waals surface area contributed by atoms with Crippen molar-refractivity contribution in [2.75, 3.05) is 27.4 Å². The fourth-order valence-electron chi connectivity index (χ4n) is 2.84. The molecule has 0 spiro atoms.